The number of thiophene rings is 1. The van der Waals surface area contributed by atoms with Crippen LogP contribution in [0.2, 0.25) is 0 Å². The van der Waals surface area contributed by atoms with E-state index in [1.165, 1.54) is 16.5 Å². The van der Waals surface area contributed by atoms with Crippen LogP contribution >= 0.6 is 11.3 Å². The van der Waals surface area contributed by atoms with Crippen LogP contribution < -0.4 is 4.72 Å². The summed E-state index contributed by atoms with van der Waals surface area (Å²) in [6.07, 6.45) is 1.69. The highest BCUT2D eigenvalue weighted by molar-refractivity contribution is 7.89. The summed E-state index contributed by atoms with van der Waals surface area (Å²) in [6.45, 7) is 6.63. The van der Waals surface area contributed by atoms with Crippen molar-refractivity contribution in [1.82, 2.24) is 9.62 Å². The van der Waals surface area contributed by atoms with E-state index in [-0.39, 0.29) is 16.8 Å². The lowest BCUT2D eigenvalue weighted by Crippen LogP contribution is -2.39. The molecular formula is C19H24N2O3S2. The fraction of sp³-hybridized carbons (Fsp3) is 0.421. The molecule has 0 spiro atoms. The lowest BCUT2D eigenvalue weighted by Gasteiger charge is -2.36. The molecule has 26 heavy (non-hydrogen) atoms. The number of nitrogens with one attached hydrogen (secondary N) is 1. The molecule has 1 aliphatic rings. The molecule has 140 valence electrons. The van der Waals surface area contributed by atoms with Gasteiger partial charge in [-0.1, -0.05) is 19.9 Å². The van der Waals surface area contributed by atoms with E-state index in [1.807, 2.05) is 11.8 Å². The number of aryl methyl sites for hydroxylation is 1. The van der Waals surface area contributed by atoms with Crippen LogP contribution in [0.5, 0.6) is 0 Å². The molecule has 1 atom stereocenters. The SMILES string of the molecule is CCNS(=O)(=O)c1ccc(C)c(C(=O)N2CCc3sccc3C2CC)c1. The molecule has 7 heteroatoms. The first-order chi connectivity index (χ1) is 12.4. The highest BCUT2D eigenvalue weighted by Gasteiger charge is 2.32. The number of sulfonamides is 1. The maximum Gasteiger partial charge on any atom is 0.254 e. The highest BCUT2D eigenvalue weighted by Crippen LogP contribution is 2.36. The number of carbonyl (C=O) groups excluding carboxylic acids is 1. The van der Waals surface area contributed by atoms with Gasteiger partial charge < -0.3 is 4.90 Å². The van der Waals surface area contributed by atoms with Gasteiger partial charge in [0, 0.05) is 23.5 Å². The van der Waals surface area contributed by atoms with Crippen LogP contribution in [0.4, 0.5) is 0 Å². The lowest BCUT2D eigenvalue weighted by atomic mass is 9.96. The van der Waals surface area contributed by atoms with Crippen molar-refractivity contribution in [3.63, 3.8) is 0 Å². The van der Waals surface area contributed by atoms with Gasteiger partial charge in [-0.15, -0.1) is 11.3 Å². The largest absolute Gasteiger partial charge is 0.331 e. The summed E-state index contributed by atoms with van der Waals surface area (Å²) in [5, 5.41) is 2.08. The topological polar surface area (TPSA) is 66.5 Å². The maximum absolute atomic E-state index is 13.3. The average Bonchev–Trinajstić information content (AvgIpc) is 3.09. The van der Waals surface area contributed by atoms with Gasteiger partial charge in [-0.2, -0.15) is 0 Å². The standard InChI is InChI=1S/C19H24N2O3S2/c1-4-17-15-9-11-25-18(15)8-10-21(17)19(22)16-12-14(7-6-13(16)3)26(23,24)20-5-2/h6-7,9,11-12,17,20H,4-5,8,10H2,1-3H3. The molecular weight excluding hydrogens is 368 g/mol. The third-order valence-corrected chi connectivity index (χ3v) is 7.37. The van der Waals surface area contributed by atoms with Crippen molar-refractivity contribution in [2.45, 2.75) is 44.6 Å². The van der Waals surface area contributed by atoms with Gasteiger partial charge in [0.15, 0.2) is 0 Å². The Hall–Kier alpha value is -1.70. The molecule has 3 rings (SSSR count). The van der Waals surface area contributed by atoms with Crippen LogP contribution in [-0.4, -0.2) is 32.3 Å². The second kappa shape index (κ2) is 7.50. The van der Waals surface area contributed by atoms with Gasteiger partial charge in [0.2, 0.25) is 10.0 Å². The monoisotopic (exact) mass is 392 g/mol. The van der Waals surface area contributed by atoms with Gasteiger partial charge in [-0.05, 0) is 54.5 Å². The molecule has 1 unspecified atom stereocenters. The van der Waals surface area contributed by atoms with Gasteiger partial charge in [-0.3, -0.25) is 4.79 Å². The Bertz CT molecular complexity index is 919. The van der Waals surface area contributed by atoms with Crippen molar-refractivity contribution in [3.8, 4) is 0 Å². The fourth-order valence-electron chi connectivity index (χ4n) is 3.51. The first kappa shape index (κ1) is 19.1. The van der Waals surface area contributed by atoms with E-state index in [0.29, 0.717) is 18.7 Å². The summed E-state index contributed by atoms with van der Waals surface area (Å²) < 4.78 is 27.1. The highest BCUT2D eigenvalue weighted by atomic mass is 32.2. The molecule has 1 amide bonds. The number of nitrogens with zero attached hydrogens (tertiary/aromatic N) is 1. The van der Waals surface area contributed by atoms with Crippen LogP contribution in [0.1, 0.15) is 52.7 Å². The molecule has 1 aliphatic heterocycles. The predicted molar refractivity (Wildman–Crippen MR) is 104 cm³/mol. The van der Waals surface area contributed by atoms with Crippen molar-refractivity contribution < 1.29 is 13.2 Å². The number of amides is 1. The van der Waals surface area contributed by atoms with Crippen molar-refractivity contribution in [2.75, 3.05) is 13.1 Å². The first-order valence-electron chi connectivity index (χ1n) is 8.86. The van der Waals surface area contributed by atoms with Crippen molar-refractivity contribution in [2.24, 2.45) is 0 Å². The molecule has 2 aromatic rings. The van der Waals surface area contributed by atoms with E-state index in [4.69, 9.17) is 0 Å². The smallest absolute Gasteiger partial charge is 0.254 e. The van der Waals surface area contributed by atoms with E-state index in [1.54, 1.807) is 30.4 Å². The zero-order valence-corrected chi connectivity index (χ0v) is 16.9. The molecule has 0 bridgehead atoms. The van der Waals surface area contributed by atoms with Gasteiger partial charge in [0.05, 0.1) is 10.9 Å². The number of fused-ring (bicyclic) bond motifs is 1. The Morgan fingerprint density at radius 3 is 2.77 bits per heavy atom. The summed E-state index contributed by atoms with van der Waals surface area (Å²) in [5.41, 5.74) is 2.48. The zero-order chi connectivity index (χ0) is 18.9. The minimum atomic E-state index is -3.59. The Morgan fingerprint density at radius 1 is 1.31 bits per heavy atom. The van der Waals surface area contributed by atoms with Gasteiger partial charge >= 0.3 is 0 Å². The van der Waals surface area contributed by atoms with Gasteiger partial charge in [0.25, 0.3) is 5.91 Å². The first-order valence-corrected chi connectivity index (χ1v) is 11.2. The van der Waals surface area contributed by atoms with E-state index in [9.17, 15) is 13.2 Å². The van der Waals surface area contributed by atoms with Crippen molar-refractivity contribution in [3.05, 3.63) is 51.2 Å². The van der Waals surface area contributed by atoms with E-state index < -0.39 is 10.0 Å². The van der Waals surface area contributed by atoms with Crippen LogP contribution in [0.15, 0.2) is 34.5 Å². The molecule has 0 radical (unpaired) electrons. The summed E-state index contributed by atoms with van der Waals surface area (Å²) in [4.78, 5) is 16.6. The fourth-order valence-corrected chi connectivity index (χ4v) is 5.50. The molecule has 0 saturated carbocycles. The van der Waals surface area contributed by atoms with Crippen LogP contribution in [0.3, 0.4) is 0 Å². The molecule has 0 fully saturated rings. The molecule has 5 nitrogen and oxygen atoms in total. The van der Waals surface area contributed by atoms with Gasteiger partial charge in [-0.25, -0.2) is 13.1 Å². The molecule has 2 heterocycles. The summed E-state index contributed by atoms with van der Waals surface area (Å²) in [5.74, 6) is -0.0975. The normalized spacial score (nSPS) is 17.2. The van der Waals surface area contributed by atoms with Crippen LogP contribution in [0.25, 0.3) is 0 Å². The van der Waals surface area contributed by atoms with Crippen molar-refractivity contribution >= 4 is 27.3 Å². The van der Waals surface area contributed by atoms with Crippen LogP contribution in [0, 0.1) is 6.92 Å². The van der Waals surface area contributed by atoms with E-state index in [2.05, 4.69) is 23.1 Å². The second-order valence-corrected chi connectivity index (χ2v) is 9.22. The zero-order valence-electron chi connectivity index (χ0n) is 15.3. The minimum Gasteiger partial charge on any atom is -0.331 e. The maximum atomic E-state index is 13.3. The quantitative estimate of drug-likeness (QED) is 0.847. The minimum absolute atomic E-state index is 0.0472. The van der Waals surface area contributed by atoms with Crippen LogP contribution in [-0.2, 0) is 16.4 Å². The Balaban J connectivity index is 1.98. The molecule has 1 aromatic heterocycles. The molecule has 1 N–H and O–H groups in total. The van der Waals surface area contributed by atoms with Gasteiger partial charge in [0.1, 0.15) is 0 Å². The molecule has 1 aromatic carbocycles. The third kappa shape index (κ3) is 3.43. The average molecular weight is 393 g/mol. The number of hydrogen-bond acceptors (Lipinski definition) is 4. The summed E-state index contributed by atoms with van der Waals surface area (Å²) >= 11 is 1.74. The van der Waals surface area contributed by atoms with E-state index >= 15 is 0 Å². The number of rotatable bonds is 5. The number of carbonyl (C=O) groups is 1. The number of hydrogen-bond donors (Lipinski definition) is 1. The molecule has 0 aliphatic carbocycles. The van der Waals surface area contributed by atoms with Crippen molar-refractivity contribution in [1.29, 1.82) is 0 Å². The summed E-state index contributed by atoms with van der Waals surface area (Å²) in [7, 11) is -3.59. The second-order valence-electron chi connectivity index (χ2n) is 6.45. The third-order valence-electron chi connectivity index (χ3n) is 4.83. The molecule has 0 saturated heterocycles. The van der Waals surface area contributed by atoms with E-state index in [0.717, 1.165) is 18.4 Å². The summed E-state index contributed by atoms with van der Waals surface area (Å²) in [6, 6.07) is 6.91. The Kier molecular flexibility index (Phi) is 5.50. The Labute approximate surface area is 159 Å². The lowest BCUT2D eigenvalue weighted by molar-refractivity contribution is 0.0656. The number of benzene rings is 1. The Morgan fingerprint density at radius 2 is 2.08 bits per heavy atom. The predicted octanol–water partition coefficient (Wildman–Crippen LogP) is 3.50.